The molecule has 0 unspecified atom stereocenters. The molecule has 0 aliphatic rings. The molecule has 1 rings (SSSR count). The van der Waals surface area contributed by atoms with Crippen LogP contribution in [0.5, 0.6) is 0 Å². The van der Waals surface area contributed by atoms with Gasteiger partial charge in [-0.2, -0.15) is 0 Å². The van der Waals surface area contributed by atoms with Crippen LogP contribution in [0.3, 0.4) is 0 Å². The molecule has 0 bridgehead atoms. The first kappa shape index (κ1) is 14.6. The summed E-state index contributed by atoms with van der Waals surface area (Å²) in [4.78, 5) is 23.1. The van der Waals surface area contributed by atoms with Crippen LogP contribution in [-0.2, 0) is 4.79 Å². The minimum Gasteiger partial charge on any atom is -0.481 e. The normalized spacial score (nSPS) is 10.2. The van der Waals surface area contributed by atoms with Gasteiger partial charge in [0.1, 0.15) is 17.2 Å². The maximum Gasteiger partial charge on any atom is 0.305 e. The fourth-order valence-electron chi connectivity index (χ4n) is 1.30. The number of hydrogen-bond acceptors (Lipinski definition) is 2. The fraction of sp³-hybridized carbons (Fsp3) is 0.273. The molecule has 0 aromatic heterocycles. The van der Waals surface area contributed by atoms with Gasteiger partial charge in [-0.15, -0.1) is 0 Å². The molecule has 0 heterocycles. The molecule has 0 aliphatic carbocycles. The first-order chi connectivity index (χ1) is 8.32. The van der Waals surface area contributed by atoms with E-state index in [1.165, 1.54) is 7.05 Å². The Kier molecular flexibility index (Phi) is 4.77. The van der Waals surface area contributed by atoms with E-state index in [1.54, 1.807) is 0 Å². The van der Waals surface area contributed by atoms with Crippen LogP contribution >= 0.6 is 15.9 Å². The van der Waals surface area contributed by atoms with Gasteiger partial charge in [0.2, 0.25) is 0 Å². The molecular weight excluding hydrogens is 312 g/mol. The number of benzene rings is 1. The summed E-state index contributed by atoms with van der Waals surface area (Å²) in [6.07, 6.45) is -0.290. The standard InChI is InChI=1S/C11H10BrF2NO3/c1-15(3-2-9(16)17)11(18)10-7(13)4-6(12)5-8(10)14/h4-5H,2-3H2,1H3,(H,16,17). The maximum absolute atomic E-state index is 13.5. The van der Waals surface area contributed by atoms with Gasteiger partial charge in [-0.1, -0.05) is 15.9 Å². The SMILES string of the molecule is CN(CCC(=O)O)C(=O)c1c(F)cc(Br)cc1F. The van der Waals surface area contributed by atoms with Crippen LogP contribution in [0.25, 0.3) is 0 Å². The predicted octanol–water partition coefficient (Wildman–Crippen LogP) is 2.27. The summed E-state index contributed by atoms with van der Waals surface area (Å²) in [5.74, 6) is -3.96. The van der Waals surface area contributed by atoms with E-state index in [2.05, 4.69) is 15.9 Å². The van der Waals surface area contributed by atoms with Gasteiger partial charge in [0.15, 0.2) is 0 Å². The van der Waals surface area contributed by atoms with Crippen LogP contribution in [0.1, 0.15) is 16.8 Å². The number of halogens is 3. The second-order valence-corrected chi connectivity index (χ2v) is 4.53. The molecule has 0 aliphatic heterocycles. The Morgan fingerprint density at radius 2 is 1.83 bits per heavy atom. The number of carboxylic acid groups (broad SMARTS) is 1. The zero-order chi connectivity index (χ0) is 13.9. The van der Waals surface area contributed by atoms with E-state index in [0.29, 0.717) is 0 Å². The first-order valence-corrected chi connectivity index (χ1v) is 5.74. The van der Waals surface area contributed by atoms with Crippen LogP contribution in [0.4, 0.5) is 8.78 Å². The molecule has 0 fully saturated rings. The Morgan fingerprint density at radius 3 is 2.28 bits per heavy atom. The van der Waals surface area contributed by atoms with Crippen LogP contribution < -0.4 is 0 Å². The van der Waals surface area contributed by atoms with Crippen molar-refractivity contribution in [3.05, 3.63) is 33.8 Å². The zero-order valence-electron chi connectivity index (χ0n) is 9.41. The van der Waals surface area contributed by atoms with Crippen LogP contribution in [-0.4, -0.2) is 35.5 Å². The molecule has 0 radical (unpaired) electrons. The summed E-state index contributed by atoms with van der Waals surface area (Å²) in [6.45, 7) is -0.122. The van der Waals surface area contributed by atoms with E-state index < -0.39 is 29.1 Å². The fourth-order valence-corrected chi connectivity index (χ4v) is 1.70. The monoisotopic (exact) mass is 321 g/mol. The van der Waals surface area contributed by atoms with Crippen molar-refractivity contribution in [2.24, 2.45) is 0 Å². The second-order valence-electron chi connectivity index (χ2n) is 3.61. The topological polar surface area (TPSA) is 57.6 Å². The summed E-state index contributed by atoms with van der Waals surface area (Å²) >= 11 is 2.90. The number of carboxylic acids is 1. The molecule has 1 aromatic carbocycles. The lowest BCUT2D eigenvalue weighted by atomic mass is 10.1. The van der Waals surface area contributed by atoms with Gasteiger partial charge in [-0.05, 0) is 12.1 Å². The van der Waals surface area contributed by atoms with Crippen molar-refractivity contribution in [1.82, 2.24) is 4.90 Å². The van der Waals surface area contributed by atoms with Crippen LogP contribution in [0, 0.1) is 11.6 Å². The molecule has 1 N–H and O–H groups in total. The number of aliphatic carboxylic acids is 1. The van der Waals surface area contributed by atoms with Crippen LogP contribution in [0.15, 0.2) is 16.6 Å². The number of hydrogen-bond donors (Lipinski definition) is 1. The third kappa shape index (κ3) is 3.49. The van der Waals surface area contributed by atoms with Gasteiger partial charge in [0, 0.05) is 18.1 Å². The molecule has 0 saturated heterocycles. The van der Waals surface area contributed by atoms with Crippen molar-refractivity contribution in [2.75, 3.05) is 13.6 Å². The van der Waals surface area contributed by atoms with Crippen molar-refractivity contribution in [3.8, 4) is 0 Å². The third-order valence-corrected chi connectivity index (χ3v) is 2.69. The Labute approximate surface area is 110 Å². The second kappa shape index (κ2) is 5.90. The lowest BCUT2D eigenvalue weighted by Gasteiger charge is -2.16. The maximum atomic E-state index is 13.5. The largest absolute Gasteiger partial charge is 0.481 e. The first-order valence-electron chi connectivity index (χ1n) is 4.94. The quantitative estimate of drug-likeness (QED) is 0.925. The number of rotatable bonds is 4. The number of carbonyl (C=O) groups is 2. The van der Waals surface area contributed by atoms with Crippen molar-refractivity contribution < 1.29 is 23.5 Å². The van der Waals surface area contributed by atoms with E-state index in [0.717, 1.165) is 17.0 Å². The Hall–Kier alpha value is -1.50. The minimum atomic E-state index is -1.09. The van der Waals surface area contributed by atoms with E-state index in [-0.39, 0.29) is 17.4 Å². The van der Waals surface area contributed by atoms with Gasteiger partial charge < -0.3 is 10.0 Å². The third-order valence-electron chi connectivity index (χ3n) is 2.23. The number of nitrogens with zero attached hydrogens (tertiary/aromatic N) is 1. The smallest absolute Gasteiger partial charge is 0.305 e. The summed E-state index contributed by atoms with van der Waals surface area (Å²) in [6, 6.07) is 1.95. The van der Waals surface area contributed by atoms with Crippen LogP contribution in [0.2, 0.25) is 0 Å². The van der Waals surface area contributed by atoms with E-state index in [9.17, 15) is 18.4 Å². The van der Waals surface area contributed by atoms with E-state index in [1.807, 2.05) is 0 Å². The molecule has 0 atom stereocenters. The summed E-state index contributed by atoms with van der Waals surface area (Å²) in [5.41, 5.74) is -0.689. The molecule has 18 heavy (non-hydrogen) atoms. The van der Waals surface area contributed by atoms with Gasteiger partial charge in [-0.25, -0.2) is 8.78 Å². The highest BCUT2D eigenvalue weighted by molar-refractivity contribution is 9.10. The van der Waals surface area contributed by atoms with Gasteiger partial charge in [-0.3, -0.25) is 9.59 Å². The molecule has 7 heteroatoms. The molecule has 0 saturated carbocycles. The van der Waals surface area contributed by atoms with Crippen molar-refractivity contribution in [2.45, 2.75) is 6.42 Å². The van der Waals surface area contributed by atoms with Crippen molar-refractivity contribution in [1.29, 1.82) is 0 Å². The molecule has 4 nitrogen and oxygen atoms in total. The average Bonchev–Trinajstić information content (AvgIpc) is 2.24. The molecular formula is C11H10BrF2NO3. The van der Waals surface area contributed by atoms with Gasteiger partial charge in [0.05, 0.1) is 6.42 Å². The van der Waals surface area contributed by atoms with Crippen molar-refractivity contribution >= 4 is 27.8 Å². The van der Waals surface area contributed by atoms with E-state index in [4.69, 9.17) is 5.11 Å². The van der Waals surface area contributed by atoms with Gasteiger partial charge in [0.25, 0.3) is 5.91 Å². The van der Waals surface area contributed by atoms with E-state index >= 15 is 0 Å². The Bertz CT molecular complexity index is 470. The summed E-state index contributed by atoms with van der Waals surface area (Å²) in [7, 11) is 1.28. The highest BCUT2D eigenvalue weighted by Crippen LogP contribution is 2.20. The number of carbonyl (C=O) groups excluding carboxylic acids is 1. The summed E-state index contributed by atoms with van der Waals surface area (Å²) < 4.78 is 27.2. The summed E-state index contributed by atoms with van der Waals surface area (Å²) in [5, 5.41) is 8.47. The Morgan fingerprint density at radius 1 is 1.33 bits per heavy atom. The molecule has 98 valence electrons. The molecule has 1 amide bonds. The van der Waals surface area contributed by atoms with Crippen molar-refractivity contribution in [3.63, 3.8) is 0 Å². The lowest BCUT2D eigenvalue weighted by Crippen LogP contribution is -2.30. The molecule has 1 aromatic rings. The number of amides is 1. The minimum absolute atomic E-state index is 0.122. The Balaban J connectivity index is 2.93. The predicted molar refractivity (Wildman–Crippen MR) is 63.3 cm³/mol. The van der Waals surface area contributed by atoms with Gasteiger partial charge >= 0.3 is 5.97 Å². The average molecular weight is 322 g/mol. The highest BCUT2D eigenvalue weighted by Gasteiger charge is 2.21. The lowest BCUT2D eigenvalue weighted by molar-refractivity contribution is -0.137. The molecule has 0 spiro atoms. The highest BCUT2D eigenvalue weighted by atomic mass is 79.9. The zero-order valence-corrected chi connectivity index (χ0v) is 11.0.